The molecule has 0 radical (unpaired) electrons. The van der Waals surface area contributed by atoms with Crippen LogP contribution in [0.15, 0.2) is 52.9 Å². The van der Waals surface area contributed by atoms with Gasteiger partial charge in [0.2, 0.25) is 11.8 Å². The predicted molar refractivity (Wildman–Crippen MR) is 88.6 cm³/mol. The maximum atomic E-state index is 5.81. The number of nitrogens with zero attached hydrogens (tertiary/aromatic N) is 2. The van der Waals surface area contributed by atoms with Gasteiger partial charge in [-0.15, -0.1) is 10.2 Å². The zero-order valence-electron chi connectivity index (χ0n) is 13.4. The molecule has 3 rings (SSSR count). The molecular formula is C19H20N2O. The van der Waals surface area contributed by atoms with Crippen LogP contribution in [0.3, 0.4) is 0 Å². The number of aromatic nitrogens is 2. The monoisotopic (exact) mass is 292 g/mol. The summed E-state index contributed by atoms with van der Waals surface area (Å²) in [5.74, 6) is 1.11. The lowest BCUT2D eigenvalue weighted by molar-refractivity contribution is 0.582. The smallest absolute Gasteiger partial charge is 0.248 e. The molecule has 0 aliphatic carbocycles. The van der Waals surface area contributed by atoms with Crippen molar-refractivity contribution in [3.8, 4) is 22.9 Å². The van der Waals surface area contributed by atoms with Crippen molar-refractivity contribution in [1.82, 2.24) is 10.2 Å². The quantitative estimate of drug-likeness (QED) is 0.666. The molecule has 0 aliphatic heterocycles. The van der Waals surface area contributed by atoms with Crippen LogP contribution in [0.25, 0.3) is 22.9 Å². The molecule has 0 spiro atoms. The van der Waals surface area contributed by atoms with Gasteiger partial charge in [-0.3, -0.25) is 0 Å². The third-order valence-corrected chi connectivity index (χ3v) is 3.69. The van der Waals surface area contributed by atoms with Crippen LogP contribution in [-0.2, 0) is 5.41 Å². The topological polar surface area (TPSA) is 38.9 Å². The van der Waals surface area contributed by atoms with Gasteiger partial charge in [-0.05, 0) is 42.2 Å². The molecule has 0 aliphatic rings. The molecule has 3 aromatic rings. The van der Waals surface area contributed by atoms with Gasteiger partial charge < -0.3 is 4.42 Å². The Morgan fingerprint density at radius 1 is 0.818 bits per heavy atom. The van der Waals surface area contributed by atoms with E-state index in [4.69, 9.17) is 4.42 Å². The molecule has 0 fully saturated rings. The maximum absolute atomic E-state index is 5.81. The molecule has 2 aromatic carbocycles. The van der Waals surface area contributed by atoms with Crippen molar-refractivity contribution in [3.05, 3.63) is 59.7 Å². The molecule has 0 amide bonds. The second-order valence-corrected chi connectivity index (χ2v) is 6.61. The number of benzene rings is 2. The summed E-state index contributed by atoms with van der Waals surface area (Å²) in [5.41, 5.74) is 4.49. The average molecular weight is 292 g/mol. The van der Waals surface area contributed by atoms with Gasteiger partial charge in [0.05, 0.1) is 0 Å². The van der Waals surface area contributed by atoms with Gasteiger partial charge >= 0.3 is 0 Å². The van der Waals surface area contributed by atoms with Gasteiger partial charge in [0.25, 0.3) is 0 Å². The second-order valence-electron chi connectivity index (χ2n) is 6.61. The van der Waals surface area contributed by atoms with Crippen molar-refractivity contribution < 1.29 is 4.42 Å². The lowest BCUT2D eigenvalue weighted by Gasteiger charge is -2.18. The maximum Gasteiger partial charge on any atom is 0.248 e. The summed E-state index contributed by atoms with van der Waals surface area (Å²) < 4.78 is 5.81. The molecule has 0 atom stereocenters. The van der Waals surface area contributed by atoms with E-state index in [0.29, 0.717) is 11.8 Å². The fourth-order valence-electron chi connectivity index (χ4n) is 2.35. The van der Waals surface area contributed by atoms with Crippen molar-refractivity contribution >= 4 is 0 Å². The minimum atomic E-state index is 0.139. The Balaban J connectivity index is 1.91. The molecule has 1 heterocycles. The Hall–Kier alpha value is -2.42. The van der Waals surface area contributed by atoms with E-state index in [0.717, 1.165) is 11.1 Å². The van der Waals surface area contributed by atoms with E-state index < -0.39 is 0 Å². The lowest BCUT2D eigenvalue weighted by atomic mass is 9.87. The third-order valence-electron chi connectivity index (χ3n) is 3.69. The number of hydrogen-bond donors (Lipinski definition) is 0. The molecular weight excluding hydrogens is 272 g/mol. The van der Waals surface area contributed by atoms with Crippen LogP contribution in [0.2, 0.25) is 0 Å². The third kappa shape index (κ3) is 2.93. The summed E-state index contributed by atoms with van der Waals surface area (Å²) in [6.07, 6.45) is 0. The zero-order chi connectivity index (χ0) is 15.7. The number of hydrogen-bond acceptors (Lipinski definition) is 3. The first-order chi connectivity index (χ1) is 10.4. The van der Waals surface area contributed by atoms with Crippen molar-refractivity contribution in [1.29, 1.82) is 0 Å². The molecule has 1 aromatic heterocycles. The molecule has 22 heavy (non-hydrogen) atoms. The molecule has 0 N–H and O–H groups in total. The summed E-state index contributed by atoms with van der Waals surface area (Å²) >= 11 is 0. The highest BCUT2D eigenvalue weighted by Gasteiger charge is 2.15. The highest BCUT2D eigenvalue weighted by atomic mass is 16.4. The molecule has 3 nitrogen and oxygen atoms in total. The van der Waals surface area contributed by atoms with E-state index in [1.807, 2.05) is 43.3 Å². The molecule has 3 heteroatoms. The van der Waals surface area contributed by atoms with Crippen LogP contribution >= 0.6 is 0 Å². The fourth-order valence-corrected chi connectivity index (χ4v) is 2.35. The van der Waals surface area contributed by atoms with Crippen LogP contribution in [-0.4, -0.2) is 10.2 Å². The van der Waals surface area contributed by atoms with E-state index in [2.05, 4.69) is 43.1 Å². The van der Waals surface area contributed by atoms with Crippen LogP contribution in [0.4, 0.5) is 0 Å². The van der Waals surface area contributed by atoms with Gasteiger partial charge in [-0.2, -0.15) is 0 Å². The Bertz CT molecular complexity index is 780. The van der Waals surface area contributed by atoms with Crippen molar-refractivity contribution in [2.75, 3.05) is 0 Å². The minimum Gasteiger partial charge on any atom is -0.416 e. The SMILES string of the molecule is Cc1cccc(-c2nnc(-c3ccc(C(C)(C)C)cc3)o2)c1. The first-order valence-electron chi connectivity index (χ1n) is 7.45. The largest absolute Gasteiger partial charge is 0.416 e. The summed E-state index contributed by atoms with van der Waals surface area (Å²) in [7, 11) is 0. The Morgan fingerprint density at radius 3 is 2.05 bits per heavy atom. The molecule has 0 saturated carbocycles. The molecule has 0 unspecified atom stereocenters. The lowest BCUT2D eigenvalue weighted by Crippen LogP contribution is -2.10. The molecule has 0 bridgehead atoms. The van der Waals surface area contributed by atoms with E-state index in [-0.39, 0.29) is 5.41 Å². The van der Waals surface area contributed by atoms with Gasteiger partial charge in [0, 0.05) is 11.1 Å². The number of aryl methyl sites for hydroxylation is 1. The van der Waals surface area contributed by atoms with Crippen molar-refractivity contribution in [2.24, 2.45) is 0 Å². The highest BCUT2D eigenvalue weighted by molar-refractivity contribution is 5.58. The van der Waals surface area contributed by atoms with Gasteiger partial charge in [0.15, 0.2) is 0 Å². The first-order valence-corrected chi connectivity index (χ1v) is 7.45. The van der Waals surface area contributed by atoms with Gasteiger partial charge in [0.1, 0.15) is 0 Å². The summed E-state index contributed by atoms with van der Waals surface area (Å²) in [6, 6.07) is 16.4. The number of rotatable bonds is 2. The van der Waals surface area contributed by atoms with E-state index in [1.54, 1.807) is 0 Å². The van der Waals surface area contributed by atoms with Crippen molar-refractivity contribution in [2.45, 2.75) is 33.1 Å². The van der Waals surface area contributed by atoms with Crippen molar-refractivity contribution in [3.63, 3.8) is 0 Å². The normalized spacial score (nSPS) is 11.6. The van der Waals surface area contributed by atoms with E-state index >= 15 is 0 Å². The predicted octanol–water partition coefficient (Wildman–Crippen LogP) is 5.01. The standard InChI is InChI=1S/C19H20N2O/c1-13-6-5-7-15(12-13)18-21-20-17(22-18)14-8-10-16(11-9-14)19(2,3)4/h5-12H,1-4H3. The minimum absolute atomic E-state index is 0.139. The Morgan fingerprint density at radius 2 is 1.45 bits per heavy atom. The van der Waals surface area contributed by atoms with E-state index in [9.17, 15) is 0 Å². The van der Waals surface area contributed by atoms with Crippen LogP contribution < -0.4 is 0 Å². The van der Waals surface area contributed by atoms with Crippen LogP contribution in [0.1, 0.15) is 31.9 Å². The average Bonchev–Trinajstić information content (AvgIpc) is 2.96. The highest BCUT2D eigenvalue weighted by Crippen LogP contribution is 2.27. The fraction of sp³-hybridized carbons (Fsp3) is 0.263. The van der Waals surface area contributed by atoms with Gasteiger partial charge in [-0.25, -0.2) is 0 Å². The van der Waals surface area contributed by atoms with Gasteiger partial charge in [-0.1, -0.05) is 50.6 Å². The summed E-state index contributed by atoms with van der Waals surface area (Å²) in [5, 5.41) is 8.33. The summed E-state index contributed by atoms with van der Waals surface area (Å²) in [6.45, 7) is 8.64. The summed E-state index contributed by atoms with van der Waals surface area (Å²) in [4.78, 5) is 0. The van der Waals surface area contributed by atoms with Crippen LogP contribution in [0.5, 0.6) is 0 Å². The first kappa shape index (κ1) is 14.5. The van der Waals surface area contributed by atoms with E-state index in [1.165, 1.54) is 11.1 Å². The molecule has 112 valence electrons. The second kappa shape index (κ2) is 5.41. The van der Waals surface area contributed by atoms with Crippen LogP contribution in [0, 0.1) is 6.92 Å². The molecule has 0 saturated heterocycles. The Labute approximate surface area is 131 Å². The zero-order valence-corrected chi connectivity index (χ0v) is 13.4. The Kier molecular flexibility index (Phi) is 3.57.